The number of hydrogen-bond donors (Lipinski definition) is 1. The Balaban J connectivity index is 1.68. The van der Waals surface area contributed by atoms with Gasteiger partial charge in [-0.1, -0.05) is 30.3 Å². The number of nitrogens with zero attached hydrogens (tertiary/aromatic N) is 4. The molecule has 0 atom stereocenters. The zero-order valence-electron chi connectivity index (χ0n) is 16.3. The molecule has 1 aromatic heterocycles. The molecule has 3 aromatic rings. The van der Waals surface area contributed by atoms with Crippen molar-refractivity contribution in [3.63, 3.8) is 0 Å². The van der Waals surface area contributed by atoms with Gasteiger partial charge in [-0.3, -0.25) is 0 Å². The van der Waals surface area contributed by atoms with E-state index in [9.17, 15) is 0 Å². The number of benzene rings is 2. The second-order valence-electron chi connectivity index (χ2n) is 6.43. The van der Waals surface area contributed by atoms with E-state index in [0.717, 1.165) is 31.1 Å². The van der Waals surface area contributed by atoms with Gasteiger partial charge in [0.15, 0.2) is 0 Å². The molecule has 140 valence electrons. The van der Waals surface area contributed by atoms with Gasteiger partial charge >= 0.3 is 0 Å². The summed E-state index contributed by atoms with van der Waals surface area (Å²) in [6, 6.07) is 20.7. The van der Waals surface area contributed by atoms with Gasteiger partial charge in [0, 0.05) is 44.3 Å². The monoisotopic (exact) mass is 361 g/mol. The summed E-state index contributed by atoms with van der Waals surface area (Å²) in [6.45, 7) is 7.12. The van der Waals surface area contributed by atoms with Gasteiger partial charge < -0.3 is 15.1 Å². The van der Waals surface area contributed by atoms with Gasteiger partial charge in [-0.05, 0) is 49.7 Å². The predicted octanol–water partition coefficient (Wildman–Crippen LogP) is 4.70. The predicted molar refractivity (Wildman–Crippen MR) is 114 cm³/mol. The molecule has 0 radical (unpaired) electrons. The topological polar surface area (TPSA) is 44.3 Å². The van der Waals surface area contributed by atoms with Gasteiger partial charge in [-0.2, -0.15) is 4.98 Å². The summed E-state index contributed by atoms with van der Waals surface area (Å²) in [5, 5.41) is 3.37. The van der Waals surface area contributed by atoms with Crippen LogP contribution < -0.4 is 15.1 Å². The lowest BCUT2D eigenvalue weighted by Crippen LogP contribution is -2.21. The smallest absolute Gasteiger partial charge is 0.227 e. The molecule has 27 heavy (non-hydrogen) atoms. The number of anilines is 4. The molecule has 0 spiro atoms. The Kier molecular flexibility index (Phi) is 6.26. The molecule has 0 fully saturated rings. The maximum absolute atomic E-state index is 4.65. The van der Waals surface area contributed by atoms with Crippen LogP contribution in [0.5, 0.6) is 0 Å². The van der Waals surface area contributed by atoms with Crippen LogP contribution >= 0.6 is 0 Å². The number of nitrogens with one attached hydrogen (secondary N) is 1. The van der Waals surface area contributed by atoms with Crippen molar-refractivity contribution in [2.45, 2.75) is 20.4 Å². The standard InChI is InChI=1S/C22H27N5/c1-4-27(5-2)20-13-11-19(12-14-20)24-21-15-16-23-22(25-21)26(3)17-18-9-7-6-8-10-18/h6-16H,4-5,17H2,1-3H3,(H,23,24,25). The molecule has 1 N–H and O–H groups in total. The first-order chi connectivity index (χ1) is 13.2. The highest BCUT2D eigenvalue weighted by Gasteiger charge is 2.07. The highest BCUT2D eigenvalue weighted by molar-refractivity contribution is 5.61. The van der Waals surface area contributed by atoms with Crippen LogP contribution in [-0.2, 0) is 6.54 Å². The van der Waals surface area contributed by atoms with Crippen LogP contribution in [0.2, 0.25) is 0 Å². The molecule has 2 aromatic carbocycles. The van der Waals surface area contributed by atoms with E-state index in [1.807, 2.05) is 36.2 Å². The molecule has 0 bridgehead atoms. The average molecular weight is 361 g/mol. The van der Waals surface area contributed by atoms with Gasteiger partial charge in [-0.25, -0.2) is 4.98 Å². The molecule has 0 aliphatic heterocycles. The Morgan fingerprint density at radius 2 is 1.59 bits per heavy atom. The lowest BCUT2D eigenvalue weighted by atomic mass is 10.2. The number of hydrogen-bond acceptors (Lipinski definition) is 5. The Morgan fingerprint density at radius 1 is 0.889 bits per heavy atom. The minimum absolute atomic E-state index is 0.698. The third-order valence-electron chi connectivity index (χ3n) is 4.52. The van der Waals surface area contributed by atoms with Crippen LogP contribution in [0, 0.1) is 0 Å². The van der Waals surface area contributed by atoms with Crippen LogP contribution in [0.3, 0.4) is 0 Å². The maximum Gasteiger partial charge on any atom is 0.227 e. The van der Waals surface area contributed by atoms with E-state index in [0.29, 0.717) is 5.95 Å². The Labute approximate surface area is 161 Å². The normalized spacial score (nSPS) is 10.5. The zero-order chi connectivity index (χ0) is 19.1. The fourth-order valence-corrected chi connectivity index (χ4v) is 3.02. The molecular weight excluding hydrogens is 334 g/mol. The fourth-order valence-electron chi connectivity index (χ4n) is 3.02. The van der Waals surface area contributed by atoms with Crippen molar-refractivity contribution in [3.8, 4) is 0 Å². The fraction of sp³-hybridized carbons (Fsp3) is 0.273. The van der Waals surface area contributed by atoms with Crippen molar-refractivity contribution >= 4 is 23.1 Å². The van der Waals surface area contributed by atoms with Gasteiger partial charge in [0.2, 0.25) is 5.95 Å². The first-order valence-electron chi connectivity index (χ1n) is 9.39. The highest BCUT2D eigenvalue weighted by atomic mass is 15.2. The summed E-state index contributed by atoms with van der Waals surface area (Å²) in [5.41, 5.74) is 3.48. The lowest BCUT2D eigenvalue weighted by molar-refractivity contribution is 0.866. The number of aromatic nitrogens is 2. The van der Waals surface area contributed by atoms with Crippen molar-refractivity contribution in [3.05, 3.63) is 72.4 Å². The van der Waals surface area contributed by atoms with E-state index in [1.54, 1.807) is 6.20 Å². The first-order valence-corrected chi connectivity index (χ1v) is 9.39. The molecule has 1 heterocycles. The average Bonchev–Trinajstić information content (AvgIpc) is 2.71. The van der Waals surface area contributed by atoms with Crippen molar-refractivity contribution in [1.82, 2.24) is 9.97 Å². The van der Waals surface area contributed by atoms with E-state index in [-0.39, 0.29) is 0 Å². The second kappa shape index (κ2) is 9.03. The molecular formula is C22H27N5. The highest BCUT2D eigenvalue weighted by Crippen LogP contribution is 2.21. The van der Waals surface area contributed by atoms with E-state index in [4.69, 9.17) is 0 Å². The molecule has 5 nitrogen and oxygen atoms in total. The van der Waals surface area contributed by atoms with E-state index < -0.39 is 0 Å². The van der Waals surface area contributed by atoms with Crippen LogP contribution in [0.4, 0.5) is 23.1 Å². The molecule has 3 rings (SSSR count). The Hall–Kier alpha value is -3.08. The molecule has 0 saturated carbocycles. The molecule has 0 saturated heterocycles. The lowest BCUT2D eigenvalue weighted by Gasteiger charge is -2.21. The summed E-state index contributed by atoms with van der Waals surface area (Å²) < 4.78 is 0. The van der Waals surface area contributed by atoms with E-state index >= 15 is 0 Å². The van der Waals surface area contributed by atoms with Crippen LogP contribution in [0.1, 0.15) is 19.4 Å². The van der Waals surface area contributed by atoms with Gasteiger partial charge in [0.05, 0.1) is 0 Å². The van der Waals surface area contributed by atoms with Gasteiger partial charge in [-0.15, -0.1) is 0 Å². The SMILES string of the molecule is CCN(CC)c1ccc(Nc2ccnc(N(C)Cc3ccccc3)n2)cc1. The second-order valence-corrected chi connectivity index (χ2v) is 6.43. The third-order valence-corrected chi connectivity index (χ3v) is 4.52. The summed E-state index contributed by atoms with van der Waals surface area (Å²) in [6.07, 6.45) is 1.79. The summed E-state index contributed by atoms with van der Waals surface area (Å²) in [5.74, 6) is 1.49. The van der Waals surface area contributed by atoms with E-state index in [2.05, 4.69) is 70.4 Å². The summed E-state index contributed by atoms with van der Waals surface area (Å²) >= 11 is 0. The minimum atomic E-state index is 0.698. The quantitative estimate of drug-likeness (QED) is 0.630. The van der Waals surface area contributed by atoms with Gasteiger partial charge in [0.25, 0.3) is 0 Å². The minimum Gasteiger partial charge on any atom is -0.372 e. The molecule has 0 aliphatic carbocycles. The number of rotatable bonds is 8. The van der Waals surface area contributed by atoms with Gasteiger partial charge in [0.1, 0.15) is 5.82 Å². The van der Waals surface area contributed by atoms with Crippen molar-refractivity contribution < 1.29 is 0 Å². The zero-order valence-corrected chi connectivity index (χ0v) is 16.3. The van der Waals surface area contributed by atoms with E-state index in [1.165, 1.54) is 11.3 Å². The summed E-state index contributed by atoms with van der Waals surface area (Å²) in [7, 11) is 2.00. The van der Waals surface area contributed by atoms with Crippen LogP contribution in [-0.4, -0.2) is 30.1 Å². The summed E-state index contributed by atoms with van der Waals surface area (Å²) in [4.78, 5) is 13.4. The molecule has 0 unspecified atom stereocenters. The Morgan fingerprint density at radius 3 is 2.26 bits per heavy atom. The first kappa shape index (κ1) is 18.7. The molecule has 0 amide bonds. The maximum atomic E-state index is 4.65. The van der Waals surface area contributed by atoms with Crippen molar-refractivity contribution in [2.24, 2.45) is 0 Å². The molecule has 5 heteroatoms. The van der Waals surface area contributed by atoms with Crippen molar-refractivity contribution in [1.29, 1.82) is 0 Å². The Bertz CT molecular complexity index is 829. The third kappa shape index (κ3) is 4.97. The molecule has 0 aliphatic rings. The van der Waals surface area contributed by atoms with Crippen molar-refractivity contribution in [2.75, 3.05) is 35.3 Å². The van der Waals surface area contributed by atoms with Crippen LogP contribution in [0.15, 0.2) is 66.9 Å². The largest absolute Gasteiger partial charge is 0.372 e. The van der Waals surface area contributed by atoms with Crippen LogP contribution in [0.25, 0.3) is 0 Å².